The Morgan fingerprint density at radius 2 is 1.95 bits per heavy atom. The third kappa shape index (κ3) is 7.82. The molecule has 0 saturated carbocycles. The molecule has 44 heavy (non-hydrogen) atoms. The normalized spacial score (nSPS) is 17.2. The van der Waals surface area contributed by atoms with Gasteiger partial charge >= 0.3 is 12.3 Å². The summed E-state index contributed by atoms with van der Waals surface area (Å²) in [5.41, 5.74) is -0.570. The van der Waals surface area contributed by atoms with Crippen LogP contribution in [0.1, 0.15) is 57.7 Å². The van der Waals surface area contributed by atoms with Gasteiger partial charge in [-0.1, -0.05) is 23.7 Å². The topological polar surface area (TPSA) is 84.9 Å². The number of amides is 2. The van der Waals surface area contributed by atoms with Crippen molar-refractivity contribution in [3.63, 3.8) is 0 Å². The molecule has 0 spiro atoms. The predicted molar refractivity (Wildman–Crippen MR) is 165 cm³/mol. The number of carbonyl (C=O) groups is 2. The third-order valence-corrected chi connectivity index (χ3v) is 8.43. The Balaban J connectivity index is 1.67. The maximum atomic E-state index is 13.6. The molecule has 1 saturated heterocycles. The number of fused-ring (bicyclic) bond motifs is 1. The number of carbonyl (C=O) groups excluding carboxylic acids is 2. The Bertz CT molecular complexity index is 1540. The summed E-state index contributed by atoms with van der Waals surface area (Å²) in [5, 5.41) is 1.85. The van der Waals surface area contributed by atoms with Gasteiger partial charge in [-0.25, -0.2) is 14.8 Å². The van der Waals surface area contributed by atoms with Gasteiger partial charge in [0.05, 0.1) is 17.1 Å². The van der Waals surface area contributed by atoms with Crippen LogP contribution in [0.4, 0.5) is 18.0 Å². The number of aromatic nitrogens is 2. The van der Waals surface area contributed by atoms with E-state index in [0.717, 1.165) is 41.5 Å². The molecule has 1 aromatic carbocycles. The fourth-order valence-electron chi connectivity index (χ4n) is 4.88. The lowest BCUT2D eigenvalue weighted by Crippen LogP contribution is -2.48. The molecular weight excluding hydrogens is 617 g/mol. The summed E-state index contributed by atoms with van der Waals surface area (Å²) in [6.07, 6.45) is -1.35. The van der Waals surface area contributed by atoms with Gasteiger partial charge in [0.2, 0.25) is 5.91 Å². The summed E-state index contributed by atoms with van der Waals surface area (Å²) in [4.78, 5) is 38.1. The van der Waals surface area contributed by atoms with Crippen molar-refractivity contribution < 1.29 is 32.2 Å². The molecule has 2 amide bonds. The number of pyridine rings is 1. The molecule has 1 aliphatic heterocycles. The molecule has 3 aromatic rings. The molecule has 1 unspecified atom stereocenters. The Kier molecular flexibility index (Phi) is 10.1. The number of nitrogens with zero attached hydrogens (tertiary/aromatic N) is 4. The SMILES string of the molecule is C=CCCCCN(C)C(=O)[C@H]1CC(Oc2cc(-c3nc(C(F)(F)F)cs3)nc3c(Cl)c(C)ccc23)CN1C(=O)OC(C)(C)C. The van der Waals surface area contributed by atoms with Crippen molar-refractivity contribution in [2.75, 3.05) is 20.1 Å². The zero-order chi connectivity index (χ0) is 32.4. The van der Waals surface area contributed by atoms with E-state index < -0.39 is 35.7 Å². The molecule has 0 radical (unpaired) electrons. The number of likely N-dealkylation sites (tertiary alicyclic amines) is 1. The quantitative estimate of drug-likeness (QED) is 0.173. The van der Waals surface area contributed by atoms with E-state index in [1.54, 1.807) is 51.8 Å². The first-order valence-corrected chi connectivity index (χ1v) is 15.5. The zero-order valence-electron chi connectivity index (χ0n) is 25.3. The number of ether oxygens (including phenoxy) is 2. The molecule has 2 atom stereocenters. The number of halogens is 4. The van der Waals surface area contributed by atoms with E-state index in [-0.39, 0.29) is 29.6 Å². The monoisotopic (exact) mass is 652 g/mol. The van der Waals surface area contributed by atoms with Gasteiger partial charge in [-0.15, -0.1) is 17.9 Å². The standard InChI is InChI=1S/C31H36ClF3N4O4S/c1-7-8-9-10-13-38(6)28(40)22-14-19(16-39(22)29(41)43-30(3,4)5)42-23-15-21(27-37-24(17-44-27)31(33,34)35)36-26-20(23)12-11-18(2)25(26)32/h7,11-12,15,17,19,22H,1,8-10,13-14,16H2,2-6H3/t19?,22-/m1/s1. The Hall–Kier alpha value is -3.38. The third-order valence-electron chi connectivity index (χ3n) is 7.09. The van der Waals surface area contributed by atoms with E-state index >= 15 is 0 Å². The van der Waals surface area contributed by atoms with Crippen molar-refractivity contribution in [1.29, 1.82) is 0 Å². The number of likely N-dealkylation sites (N-methyl/N-ethyl adjacent to an activating group) is 1. The fourth-order valence-corrected chi connectivity index (χ4v) is 5.87. The molecule has 13 heteroatoms. The Labute approximate surface area is 263 Å². The highest BCUT2D eigenvalue weighted by molar-refractivity contribution is 7.13. The van der Waals surface area contributed by atoms with Gasteiger partial charge in [0.25, 0.3) is 0 Å². The molecule has 8 nitrogen and oxygen atoms in total. The minimum Gasteiger partial charge on any atom is -0.488 e. The minimum absolute atomic E-state index is 0.0505. The number of aryl methyl sites for hydroxylation is 1. The number of unbranched alkanes of at least 4 members (excludes halogenated alkanes) is 2. The molecular formula is C31H36ClF3N4O4S. The van der Waals surface area contributed by atoms with Crippen molar-refractivity contribution in [1.82, 2.24) is 19.8 Å². The van der Waals surface area contributed by atoms with E-state index in [2.05, 4.69) is 16.5 Å². The predicted octanol–water partition coefficient (Wildman–Crippen LogP) is 7.91. The van der Waals surface area contributed by atoms with Crippen LogP contribution in [0.2, 0.25) is 5.02 Å². The molecule has 0 bridgehead atoms. The van der Waals surface area contributed by atoms with Crippen molar-refractivity contribution >= 4 is 45.8 Å². The largest absolute Gasteiger partial charge is 0.488 e. The first-order valence-electron chi connectivity index (χ1n) is 14.2. The van der Waals surface area contributed by atoms with Crippen LogP contribution in [0.5, 0.6) is 5.75 Å². The minimum atomic E-state index is -4.60. The van der Waals surface area contributed by atoms with Gasteiger partial charge in [-0.05, 0) is 58.6 Å². The van der Waals surface area contributed by atoms with Gasteiger partial charge < -0.3 is 14.4 Å². The smallest absolute Gasteiger partial charge is 0.434 e. The van der Waals surface area contributed by atoms with Crippen LogP contribution in [0.15, 0.2) is 36.2 Å². The molecule has 3 heterocycles. The number of hydrogen-bond acceptors (Lipinski definition) is 7. The fraction of sp³-hybridized carbons (Fsp3) is 0.484. The van der Waals surface area contributed by atoms with Gasteiger partial charge in [0.15, 0.2) is 5.69 Å². The first-order chi connectivity index (χ1) is 20.6. The van der Waals surface area contributed by atoms with Gasteiger partial charge in [0.1, 0.15) is 34.2 Å². The highest BCUT2D eigenvalue weighted by Crippen LogP contribution is 2.39. The van der Waals surface area contributed by atoms with Crippen molar-refractivity contribution in [3.05, 3.63) is 52.5 Å². The first kappa shape index (κ1) is 33.5. The van der Waals surface area contributed by atoms with Crippen LogP contribution in [-0.2, 0) is 15.7 Å². The Morgan fingerprint density at radius 3 is 2.59 bits per heavy atom. The molecule has 2 aromatic heterocycles. The summed E-state index contributed by atoms with van der Waals surface area (Å²) < 4.78 is 52.0. The van der Waals surface area contributed by atoms with Gasteiger partial charge in [-0.2, -0.15) is 13.2 Å². The average molecular weight is 653 g/mol. The van der Waals surface area contributed by atoms with Gasteiger partial charge in [0, 0.05) is 36.8 Å². The summed E-state index contributed by atoms with van der Waals surface area (Å²) in [6, 6.07) is 4.25. The van der Waals surface area contributed by atoms with E-state index in [1.165, 1.54) is 11.0 Å². The van der Waals surface area contributed by atoms with Crippen molar-refractivity contribution in [3.8, 4) is 16.5 Å². The highest BCUT2D eigenvalue weighted by atomic mass is 35.5. The molecule has 238 valence electrons. The summed E-state index contributed by atoms with van der Waals surface area (Å²) >= 11 is 7.41. The van der Waals surface area contributed by atoms with E-state index in [9.17, 15) is 22.8 Å². The number of alkyl halides is 3. The van der Waals surface area contributed by atoms with Crippen LogP contribution in [-0.4, -0.2) is 69.7 Å². The molecule has 4 rings (SSSR count). The number of hydrogen-bond donors (Lipinski definition) is 0. The number of rotatable bonds is 9. The second-order valence-electron chi connectivity index (χ2n) is 11.8. The molecule has 0 aliphatic carbocycles. The second-order valence-corrected chi connectivity index (χ2v) is 13.0. The van der Waals surface area contributed by atoms with Crippen LogP contribution in [0, 0.1) is 6.92 Å². The summed E-state index contributed by atoms with van der Waals surface area (Å²) in [6.45, 7) is 11.3. The number of benzene rings is 1. The van der Waals surface area contributed by atoms with Gasteiger partial charge in [-0.3, -0.25) is 9.69 Å². The maximum Gasteiger partial charge on any atom is 0.434 e. The molecule has 0 N–H and O–H groups in total. The lowest BCUT2D eigenvalue weighted by Gasteiger charge is -2.30. The lowest BCUT2D eigenvalue weighted by molar-refractivity contribution is -0.140. The number of allylic oxidation sites excluding steroid dienone is 1. The second kappa shape index (κ2) is 13.3. The number of thiazole rings is 1. The molecule has 1 fully saturated rings. The molecule has 1 aliphatic rings. The van der Waals surface area contributed by atoms with Crippen LogP contribution >= 0.6 is 22.9 Å². The average Bonchev–Trinajstić information content (AvgIpc) is 3.60. The van der Waals surface area contributed by atoms with E-state index in [0.29, 0.717) is 28.2 Å². The van der Waals surface area contributed by atoms with Crippen LogP contribution < -0.4 is 4.74 Å². The van der Waals surface area contributed by atoms with Crippen LogP contribution in [0.25, 0.3) is 21.6 Å². The van der Waals surface area contributed by atoms with E-state index in [1.807, 2.05) is 6.08 Å². The lowest BCUT2D eigenvalue weighted by atomic mass is 10.1. The zero-order valence-corrected chi connectivity index (χ0v) is 26.9. The van der Waals surface area contributed by atoms with Crippen molar-refractivity contribution in [2.24, 2.45) is 0 Å². The Morgan fingerprint density at radius 1 is 1.23 bits per heavy atom. The maximum absolute atomic E-state index is 13.6. The van der Waals surface area contributed by atoms with Crippen molar-refractivity contribution in [2.45, 2.75) is 77.3 Å². The highest BCUT2D eigenvalue weighted by Gasteiger charge is 2.44. The van der Waals surface area contributed by atoms with Crippen LogP contribution in [0.3, 0.4) is 0 Å². The summed E-state index contributed by atoms with van der Waals surface area (Å²) in [7, 11) is 1.70. The summed E-state index contributed by atoms with van der Waals surface area (Å²) in [5.74, 6) is 0.0673. The van der Waals surface area contributed by atoms with E-state index in [4.69, 9.17) is 21.1 Å².